The van der Waals surface area contributed by atoms with Crippen LogP contribution in [0.15, 0.2) is 6.07 Å². The lowest BCUT2D eigenvalue weighted by molar-refractivity contribution is -0.0690. The standard InChI is InChI=1S/C18H29ClN4O/c1-13-11-22(12-14(2)24-13)7-4-16-5-8-23(9-6-16)18-10-17(19)20-15(3)21-18/h10,13-14,16H,4-9,11-12H2,1-3H3. The zero-order chi connectivity index (χ0) is 17.1. The number of morpholine rings is 1. The molecule has 5 nitrogen and oxygen atoms in total. The summed E-state index contributed by atoms with van der Waals surface area (Å²) in [5.41, 5.74) is 0. The summed E-state index contributed by atoms with van der Waals surface area (Å²) in [4.78, 5) is 13.6. The van der Waals surface area contributed by atoms with Crippen LogP contribution in [-0.4, -0.2) is 59.8 Å². The molecule has 0 bridgehead atoms. The molecule has 2 saturated heterocycles. The van der Waals surface area contributed by atoms with Crippen molar-refractivity contribution in [3.8, 4) is 0 Å². The van der Waals surface area contributed by atoms with E-state index in [-0.39, 0.29) is 0 Å². The number of nitrogens with zero attached hydrogens (tertiary/aromatic N) is 4. The van der Waals surface area contributed by atoms with E-state index < -0.39 is 0 Å². The minimum atomic E-state index is 0.362. The molecule has 0 aliphatic carbocycles. The Labute approximate surface area is 150 Å². The van der Waals surface area contributed by atoms with Crippen LogP contribution < -0.4 is 4.90 Å². The summed E-state index contributed by atoms with van der Waals surface area (Å²) >= 11 is 6.06. The molecule has 24 heavy (non-hydrogen) atoms. The minimum Gasteiger partial charge on any atom is -0.373 e. The Hall–Kier alpha value is -0.910. The van der Waals surface area contributed by atoms with Crippen molar-refractivity contribution < 1.29 is 4.74 Å². The first kappa shape index (κ1) is 17.9. The maximum Gasteiger partial charge on any atom is 0.134 e. The van der Waals surface area contributed by atoms with E-state index in [2.05, 4.69) is 33.6 Å². The van der Waals surface area contributed by atoms with Gasteiger partial charge in [0.15, 0.2) is 0 Å². The normalized spacial score (nSPS) is 26.8. The fourth-order valence-corrected chi connectivity index (χ4v) is 4.18. The van der Waals surface area contributed by atoms with Gasteiger partial charge in [0.2, 0.25) is 0 Å². The third-order valence-corrected chi connectivity index (χ3v) is 5.27. The van der Waals surface area contributed by atoms with Gasteiger partial charge >= 0.3 is 0 Å². The lowest BCUT2D eigenvalue weighted by Crippen LogP contribution is -2.46. The van der Waals surface area contributed by atoms with Crippen molar-refractivity contribution in [2.75, 3.05) is 37.6 Å². The van der Waals surface area contributed by atoms with Crippen LogP contribution in [0.3, 0.4) is 0 Å². The Kier molecular flexibility index (Phi) is 5.95. The van der Waals surface area contributed by atoms with Crippen LogP contribution in [0, 0.1) is 12.8 Å². The van der Waals surface area contributed by atoms with E-state index in [1.807, 2.05) is 13.0 Å². The molecule has 2 unspecified atom stereocenters. The fraction of sp³-hybridized carbons (Fsp3) is 0.778. The van der Waals surface area contributed by atoms with Gasteiger partial charge in [-0.05, 0) is 52.5 Å². The monoisotopic (exact) mass is 352 g/mol. The second-order valence-electron chi connectivity index (χ2n) is 7.33. The molecule has 0 N–H and O–H groups in total. The first-order chi connectivity index (χ1) is 11.5. The van der Waals surface area contributed by atoms with Gasteiger partial charge in [-0.1, -0.05) is 11.6 Å². The second kappa shape index (κ2) is 7.98. The molecule has 2 aliphatic heterocycles. The van der Waals surface area contributed by atoms with Crippen molar-refractivity contribution in [2.24, 2.45) is 5.92 Å². The largest absolute Gasteiger partial charge is 0.373 e. The van der Waals surface area contributed by atoms with E-state index in [0.29, 0.717) is 17.4 Å². The Bertz CT molecular complexity index is 518. The third kappa shape index (κ3) is 4.80. The molecule has 0 amide bonds. The molecule has 2 fully saturated rings. The molecule has 3 heterocycles. The smallest absolute Gasteiger partial charge is 0.134 e. The van der Waals surface area contributed by atoms with Gasteiger partial charge in [-0.25, -0.2) is 9.97 Å². The molecule has 2 atom stereocenters. The second-order valence-corrected chi connectivity index (χ2v) is 7.72. The van der Waals surface area contributed by atoms with Crippen LogP contribution >= 0.6 is 11.6 Å². The Morgan fingerprint density at radius 2 is 1.83 bits per heavy atom. The van der Waals surface area contributed by atoms with Gasteiger partial charge < -0.3 is 9.64 Å². The quantitative estimate of drug-likeness (QED) is 0.778. The van der Waals surface area contributed by atoms with E-state index in [4.69, 9.17) is 16.3 Å². The number of rotatable bonds is 4. The lowest BCUT2D eigenvalue weighted by Gasteiger charge is -2.37. The number of aromatic nitrogens is 2. The number of piperidine rings is 1. The first-order valence-electron chi connectivity index (χ1n) is 9.13. The highest BCUT2D eigenvalue weighted by Crippen LogP contribution is 2.26. The molecular weight excluding hydrogens is 324 g/mol. The van der Waals surface area contributed by atoms with Crippen molar-refractivity contribution in [1.29, 1.82) is 0 Å². The van der Waals surface area contributed by atoms with Crippen LogP contribution in [0.25, 0.3) is 0 Å². The maximum absolute atomic E-state index is 6.06. The Morgan fingerprint density at radius 1 is 1.17 bits per heavy atom. The topological polar surface area (TPSA) is 41.5 Å². The zero-order valence-electron chi connectivity index (χ0n) is 15.0. The SMILES string of the molecule is Cc1nc(Cl)cc(N2CCC(CCN3CC(C)OC(C)C3)CC2)n1. The third-order valence-electron chi connectivity index (χ3n) is 5.08. The van der Waals surface area contributed by atoms with Gasteiger partial charge in [0.1, 0.15) is 16.8 Å². The van der Waals surface area contributed by atoms with E-state index in [0.717, 1.165) is 43.7 Å². The summed E-state index contributed by atoms with van der Waals surface area (Å²) in [5, 5.41) is 0.537. The summed E-state index contributed by atoms with van der Waals surface area (Å²) in [6, 6.07) is 1.88. The number of hydrogen-bond acceptors (Lipinski definition) is 5. The van der Waals surface area contributed by atoms with Crippen LogP contribution in [0.1, 0.15) is 38.9 Å². The molecule has 2 aliphatic rings. The van der Waals surface area contributed by atoms with Crippen molar-refractivity contribution in [3.63, 3.8) is 0 Å². The average Bonchev–Trinajstić information content (AvgIpc) is 2.51. The molecule has 1 aromatic rings. The van der Waals surface area contributed by atoms with Crippen LogP contribution in [0.2, 0.25) is 5.15 Å². The number of halogens is 1. The van der Waals surface area contributed by atoms with Gasteiger partial charge in [-0.2, -0.15) is 0 Å². The summed E-state index contributed by atoms with van der Waals surface area (Å²) in [6.07, 6.45) is 4.48. The lowest BCUT2D eigenvalue weighted by atomic mass is 9.93. The van der Waals surface area contributed by atoms with Crippen LogP contribution in [0.4, 0.5) is 5.82 Å². The van der Waals surface area contributed by atoms with Crippen molar-refractivity contribution in [2.45, 2.75) is 52.2 Å². The molecule has 0 radical (unpaired) electrons. The molecule has 3 rings (SSSR count). The van der Waals surface area contributed by atoms with Gasteiger partial charge in [-0.3, -0.25) is 4.90 Å². The van der Waals surface area contributed by atoms with Crippen molar-refractivity contribution >= 4 is 17.4 Å². The maximum atomic E-state index is 6.06. The molecule has 0 aromatic carbocycles. The number of hydrogen-bond donors (Lipinski definition) is 0. The predicted molar refractivity (Wildman–Crippen MR) is 97.8 cm³/mol. The summed E-state index contributed by atoms with van der Waals surface area (Å²) < 4.78 is 5.82. The summed E-state index contributed by atoms with van der Waals surface area (Å²) in [6.45, 7) is 11.7. The molecular formula is C18H29ClN4O. The average molecular weight is 353 g/mol. The number of aryl methyl sites for hydroxylation is 1. The van der Waals surface area contributed by atoms with Gasteiger partial charge in [0.05, 0.1) is 12.2 Å². The Balaban J connectivity index is 1.45. The summed E-state index contributed by atoms with van der Waals surface area (Å²) in [7, 11) is 0. The highest BCUT2D eigenvalue weighted by Gasteiger charge is 2.25. The van der Waals surface area contributed by atoms with Crippen molar-refractivity contribution in [1.82, 2.24) is 14.9 Å². The predicted octanol–water partition coefficient (Wildman–Crippen LogP) is 3.15. The highest BCUT2D eigenvalue weighted by molar-refractivity contribution is 6.29. The van der Waals surface area contributed by atoms with Crippen LogP contribution in [0.5, 0.6) is 0 Å². The van der Waals surface area contributed by atoms with Gasteiger partial charge in [0.25, 0.3) is 0 Å². The van der Waals surface area contributed by atoms with Crippen molar-refractivity contribution in [3.05, 3.63) is 17.0 Å². The zero-order valence-corrected chi connectivity index (χ0v) is 15.8. The first-order valence-corrected chi connectivity index (χ1v) is 9.51. The molecule has 0 spiro atoms. The molecule has 134 valence electrons. The van der Waals surface area contributed by atoms with Gasteiger partial charge in [-0.15, -0.1) is 0 Å². The summed E-state index contributed by atoms with van der Waals surface area (Å²) in [5.74, 6) is 2.53. The molecule has 6 heteroatoms. The fourth-order valence-electron chi connectivity index (χ4n) is 3.96. The molecule has 1 aromatic heterocycles. The number of anilines is 1. The highest BCUT2D eigenvalue weighted by atomic mass is 35.5. The van der Waals surface area contributed by atoms with Gasteiger partial charge in [0, 0.05) is 32.2 Å². The number of ether oxygens (including phenoxy) is 1. The molecule has 0 saturated carbocycles. The van der Waals surface area contributed by atoms with E-state index in [1.54, 1.807) is 0 Å². The van der Waals surface area contributed by atoms with E-state index in [1.165, 1.54) is 25.8 Å². The Morgan fingerprint density at radius 3 is 2.46 bits per heavy atom. The van der Waals surface area contributed by atoms with E-state index >= 15 is 0 Å². The minimum absolute atomic E-state index is 0.362. The van der Waals surface area contributed by atoms with Crippen LogP contribution in [-0.2, 0) is 4.74 Å². The van der Waals surface area contributed by atoms with E-state index in [9.17, 15) is 0 Å².